The van der Waals surface area contributed by atoms with Gasteiger partial charge < -0.3 is 9.64 Å². The summed E-state index contributed by atoms with van der Waals surface area (Å²) in [5.41, 5.74) is 3.56. The first-order valence-electron chi connectivity index (χ1n) is 11.9. The van der Waals surface area contributed by atoms with Gasteiger partial charge in [-0.15, -0.1) is 0 Å². The number of hydrogen-bond acceptors (Lipinski definition) is 5. The molecule has 7 heteroatoms. The molecule has 1 atom stereocenters. The maximum atomic E-state index is 14.2. The van der Waals surface area contributed by atoms with Crippen LogP contribution in [0.25, 0.3) is 0 Å². The first kappa shape index (κ1) is 23.1. The lowest BCUT2D eigenvalue weighted by atomic mass is 9.98. The molecular weight excluding hydrogens is 443 g/mol. The SMILES string of the molecule is COc1ccc(C2=NN(C(=O)CN3CCN(c4ccccc4F)CC3)[C@@H](c3ccccc3)C2)cc1. The maximum absolute atomic E-state index is 14.2. The highest BCUT2D eigenvalue weighted by Crippen LogP contribution is 2.33. The molecule has 0 spiro atoms. The molecule has 3 aromatic carbocycles. The quantitative estimate of drug-likeness (QED) is 0.536. The van der Waals surface area contributed by atoms with E-state index in [0.29, 0.717) is 38.3 Å². The lowest BCUT2D eigenvalue weighted by molar-refractivity contribution is -0.134. The van der Waals surface area contributed by atoms with E-state index >= 15 is 0 Å². The van der Waals surface area contributed by atoms with Crippen LogP contribution < -0.4 is 9.64 Å². The van der Waals surface area contributed by atoms with E-state index in [1.165, 1.54) is 6.07 Å². The molecule has 1 fully saturated rings. The van der Waals surface area contributed by atoms with Crippen LogP contribution in [0.4, 0.5) is 10.1 Å². The molecule has 0 bridgehead atoms. The zero-order valence-corrected chi connectivity index (χ0v) is 19.8. The van der Waals surface area contributed by atoms with Gasteiger partial charge in [-0.3, -0.25) is 9.69 Å². The fourth-order valence-corrected chi connectivity index (χ4v) is 4.75. The van der Waals surface area contributed by atoms with Crippen LogP contribution >= 0.6 is 0 Å². The lowest BCUT2D eigenvalue weighted by Gasteiger charge is -2.36. The first-order chi connectivity index (χ1) is 17.1. The minimum atomic E-state index is -0.208. The number of para-hydroxylation sites is 1. The van der Waals surface area contributed by atoms with Crippen molar-refractivity contribution in [2.75, 3.05) is 44.7 Å². The molecule has 2 aliphatic rings. The summed E-state index contributed by atoms with van der Waals surface area (Å²) >= 11 is 0. The smallest absolute Gasteiger partial charge is 0.257 e. The van der Waals surface area contributed by atoms with Crippen molar-refractivity contribution in [1.82, 2.24) is 9.91 Å². The van der Waals surface area contributed by atoms with E-state index in [-0.39, 0.29) is 24.3 Å². The third-order valence-corrected chi connectivity index (χ3v) is 6.70. The van der Waals surface area contributed by atoms with E-state index in [1.807, 2.05) is 65.6 Å². The van der Waals surface area contributed by atoms with Gasteiger partial charge in [-0.1, -0.05) is 42.5 Å². The Hall–Kier alpha value is -3.71. The summed E-state index contributed by atoms with van der Waals surface area (Å²) in [5, 5.41) is 6.44. The Labute approximate surface area is 205 Å². The molecule has 0 aliphatic carbocycles. The van der Waals surface area contributed by atoms with Crippen LogP contribution in [0.15, 0.2) is 84.0 Å². The lowest BCUT2D eigenvalue weighted by Crippen LogP contribution is -2.49. The second kappa shape index (κ2) is 10.3. The topological polar surface area (TPSA) is 48.4 Å². The summed E-state index contributed by atoms with van der Waals surface area (Å²) in [4.78, 5) is 17.6. The number of benzene rings is 3. The molecule has 1 saturated heterocycles. The molecule has 2 heterocycles. The highest BCUT2D eigenvalue weighted by Gasteiger charge is 2.34. The molecule has 3 aromatic rings. The zero-order chi connectivity index (χ0) is 24.2. The number of halogens is 1. The van der Waals surface area contributed by atoms with Crippen LogP contribution in [0, 0.1) is 5.82 Å². The number of nitrogens with zero attached hydrogens (tertiary/aromatic N) is 4. The number of carbonyl (C=O) groups is 1. The molecule has 1 amide bonds. The molecule has 0 saturated carbocycles. The Morgan fingerprint density at radius 3 is 2.31 bits per heavy atom. The summed E-state index contributed by atoms with van der Waals surface area (Å²) in [6, 6.07) is 24.5. The highest BCUT2D eigenvalue weighted by atomic mass is 19.1. The maximum Gasteiger partial charge on any atom is 0.257 e. The van der Waals surface area contributed by atoms with Gasteiger partial charge in [0, 0.05) is 32.6 Å². The Morgan fingerprint density at radius 2 is 1.63 bits per heavy atom. The standard InChI is InChI=1S/C28H29FN4O2/c1-35-23-13-11-21(12-14-23)25-19-27(22-7-3-2-4-8-22)33(30-25)28(34)20-31-15-17-32(18-16-31)26-10-6-5-9-24(26)29/h2-14,27H,15-20H2,1H3/t27-/m1/s1. The third kappa shape index (κ3) is 5.05. The van der Waals surface area contributed by atoms with E-state index < -0.39 is 0 Å². The van der Waals surface area contributed by atoms with E-state index in [1.54, 1.807) is 24.3 Å². The average Bonchev–Trinajstić information content (AvgIpc) is 3.36. The largest absolute Gasteiger partial charge is 0.497 e. The summed E-state index contributed by atoms with van der Waals surface area (Å²) in [6.45, 7) is 3.03. The number of hydrazone groups is 1. The van der Waals surface area contributed by atoms with Crippen LogP contribution in [0.1, 0.15) is 23.6 Å². The number of piperazine rings is 1. The van der Waals surface area contributed by atoms with Crippen molar-refractivity contribution in [3.8, 4) is 5.75 Å². The fourth-order valence-electron chi connectivity index (χ4n) is 4.75. The van der Waals surface area contributed by atoms with E-state index in [0.717, 1.165) is 22.6 Å². The van der Waals surface area contributed by atoms with Crippen molar-refractivity contribution in [3.63, 3.8) is 0 Å². The van der Waals surface area contributed by atoms with Gasteiger partial charge in [0.2, 0.25) is 0 Å². The van der Waals surface area contributed by atoms with Gasteiger partial charge in [-0.25, -0.2) is 9.40 Å². The van der Waals surface area contributed by atoms with Gasteiger partial charge in [0.15, 0.2) is 0 Å². The van der Waals surface area contributed by atoms with Gasteiger partial charge in [0.05, 0.1) is 31.1 Å². The number of hydrogen-bond donors (Lipinski definition) is 0. The molecule has 0 radical (unpaired) electrons. The van der Waals surface area contributed by atoms with Crippen LogP contribution in [-0.2, 0) is 4.79 Å². The molecule has 5 rings (SSSR count). The molecule has 0 N–H and O–H groups in total. The molecule has 2 aliphatic heterocycles. The van der Waals surface area contributed by atoms with E-state index in [2.05, 4.69) is 4.90 Å². The fraction of sp³-hybridized carbons (Fsp3) is 0.286. The summed E-state index contributed by atoms with van der Waals surface area (Å²) < 4.78 is 19.4. The number of methoxy groups -OCH3 is 1. The van der Waals surface area contributed by atoms with E-state index in [9.17, 15) is 9.18 Å². The second-order valence-electron chi connectivity index (χ2n) is 8.86. The molecular formula is C28H29FN4O2. The molecule has 35 heavy (non-hydrogen) atoms. The van der Waals surface area contributed by atoms with Crippen LogP contribution in [0.2, 0.25) is 0 Å². The Morgan fingerprint density at radius 1 is 0.943 bits per heavy atom. The van der Waals surface area contributed by atoms with Gasteiger partial charge in [0.1, 0.15) is 11.6 Å². The number of ether oxygens (including phenoxy) is 1. The number of carbonyl (C=O) groups excluding carboxylic acids is 1. The van der Waals surface area contributed by atoms with E-state index in [4.69, 9.17) is 9.84 Å². The predicted octanol–water partition coefficient (Wildman–Crippen LogP) is 4.33. The zero-order valence-electron chi connectivity index (χ0n) is 19.8. The highest BCUT2D eigenvalue weighted by molar-refractivity contribution is 6.03. The second-order valence-corrected chi connectivity index (χ2v) is 8.86. The predicted molar refractivity (Wildman–Crippen MR) is 135 cm³/mol. The Kier molecular flexibility index (Phi) is 6.77. The number of amides is 1. The number of anilines is 1. The third-order valence-electron chi connectivity index (χ3n) is 6.70. The monoisotopic (exact) mass is 472 g/mol. The van der Waals surface area contributed by atoms with Gasteiger partial charge in [-0.2, -0.15) is 5.10 Å². The Bertz CT molecular complexity index is 1190. The van der Waals surface area contributed by atoms with Crippen molar-refractivity contribution in [3.05, 3.63) is 95.8 Å². The van der Waals surface area contributed by atoms with Crippen molar-refractivity contribution in [2.24, 2.45) is 5.10 Å². The van der Waals surface area contributed by atoms with Crippen molar-refractivity contribution < 1.29 is 13.9 Å². The van der Waals surface area contributed by atoms with Crippen molar-refractivity contribution in [1.29, 1.82) is 0 Å². The summed E-state index contributed by atoms with van der Waals surface area (Å²) in [6.07, 6.45) is 0.656. The minimum Gasteiger partial charge on any atom is -0.497 e. The minimum absolute atomic E-state index is 0.0262. The van der Waals surface area contributed by atoms with Crippen molar-refractivity contribution in [2.45, 2.75) is 12.5 Å². The van der Waals surface area contributed by atoms with Crippen LogP contribution in [0.5, 0.6) is 5.75 Å². The van der Waals surface area contributed by atoms with Gasteiger partial charge in [0.25, 0.3) is 5.91 Å². The van der Waals surface area contributed by atoms with Gasteiger partial charge >= 0.3 is 0 Å². The Balaban J connectivity index is 1.29. The number of rotatable bonds is 6. The van der Waals surface area contributed by atoms with Gasteiger partial charge in [-0.05, 0) is 47.5 Å². The molecule has 6 nitrogen and oxygen atoms in total. The molecule has 180 valence electrons. The van der Waals surface area contributed by atoms with Crippen LogP contribution in [0.3, 0.4) is 0 Å². The van der Waals surface area contributed by atoms with Crippen molar-refractivity contribution >= 4 is 17.3 Å². The summed E-state index contributed by atoms with van der Waals surface area (Å²) in [5.74, 6) is 0.552. The average molecular weight is 473 g/mol. The molecule has 0 unspecified atom stereocenters. The summed E-state index contributed by atoms with van der Waals surface area (Å²) in [7, 11) is 1.64. The first-order valence-corrected chi connectivity index (χ1v) is 11.9. The molecule has 0 aromatic heterocycles. The van der Waals surface area contributed by atoms with Crippen LogP contribution in [-0.4, -0.2) is 61.4 Å². The normalized spacial score (nSPS) is 18.5.